The van der Waals surface area contributed by atoms with E-state index in [0.29, 0.717) is 6.07 Å². The summed E-state index contributed by atoms with van der Waals surface area (Å²) >= 11 is 0. The smallest absolute Gasteiger partial charge is 0.491 e. The van der Waals surface area contributed by atoms with Crippen LogP contribution in [0.25, 0.3) is 0 Å². The zero-order valence-corrected chi connectivity index (χ0v) is 8.27. The molecule has 0 radical (unpaired) electrons. The second-order valence-corrected chi connectivity index (χ2v) is 2.79. The average Bonchev–Trinajstić information content (AvgIpc) is 2.13. The fourth-order valence-electron chi connectivity index (χ4n) is 1.09. The molecule has 0 fully saturated rings. The Morgan fingerprint density at radius 3 is 2.35 bits per heavy atom. The molecule has 0 aliphatic rings. The summed E-state index contributed by atoms with van der Waals surface area (Å²) in [6.45, 7) is 0. The van der Waals surface area contributed by atoms with E-state index in [1.807, 2.05) is 0 Å². The normalized spacial score (nSPS) is 11.7. The quantitative estimate of drug-likeness (QED) is 0.847. The molecule has 96 valence electrons. The molecular formula is C8H6F5NO3. The highest BCUT2D eigenvalue weighted by Gasteiger charge is 2.32. The number of methoxy groups -OCH3 is 1. The Morgan fingerprint density at radius 1 is 1.35 bits per heavy atom. The third-order valence-electron chi connectivity index (χ3n) is 1.64. The molecule has 17 heavy (non-hydrogen) atoms. The van der Waals surface area contributed by atoms with E-state index < -0.39 is 35.5 Å². The molecular weight excluding hydrogens is 253 g/mol. The molecule has 9 heteroatoms. The number of hydrogen-bond acceptors (Lipinski definition) is 3. The van der Waals surface area contributed by atoms with Gasteiger partial charge in [-0.05, 0) is 0 Å². The van der Waals surface area contributed by atoms with Crippen LogP contribution in [0, 0.1) is 0 Å². The van der Waals surface area contributed by atoms with Gasteiger partial charge in [0.2, 0.25) is 11.3 Å². The lowest BCUT2D eigenvalue weighted by Crippen LogP contribution is -2.20. The van der Waals surface area contributed by atoms with Crippen molar-refractivity contribution in [2.24, 2.45) is 0 Å². The first-order valence-electron chi connectivity index (χ1n) is 4.09. The van der Waals surface area contributed by atoms with E-state index >= 15 is 0 Å². The summed E-state index contributed by atoms with van der Waals surface area (Å²) in [6.07, 6.45) is -8.29. The molecule has 0 spiro atoms. The molecule has 0 aliphatic carbocycles. The highest BCUT2D eigenvalue weighted by atomic mass is 19.4. The number of hydrogen-bond donors (Lipinski definition) is 1. The molecule has 1 aromatic heterocycles. The molecule has 0 bridgehead atoms. The summed E-state index contributed by atoms with van der Waals surface area (Å²) in [7, 11) is 0.945. The van der Waals surface area contributed by atoms with Gasteiger partial charge in [0.15, 0.2) is 5.75 Å². The van der Waals surface area contributed by atoms with Gasteiger partial charge in [0.05, 0.1) is 13.2 Å². The van der Waals surface area contributed by atoms with Gasteiger partial charge in [-0.3, -0.25) is 4.79 Å². The van der Waals surface area contributed by atoms with Crippen LogP contribution in [0.15, 0.2) is 10.9 Å². The van der Waals surface area contributed by atoms with E-state index in [1.54, 1.807) is 4.98 Å². The van der Waals surface area contributed by atoms with Gasteiger partial charge in [0.1, 0.15) is 5.69 Å². The minimum Gasteiger partial charge on any atom is -0.491 e. The number of rotatable bonds is 3. The van der Waals surface area contributed by atoms with Crippen molar-refractivity contribution in [3.8, 4) is 11.6 Å². The number of nitrogens with one attached hydrogen (secondary N) is 1. The van der Waals surface area contributed by atoms with E-state index in [0.717, 1.165) is 7.11 Å². The van der Waals surface area contributed by atoms with E-state index in [9.17, 15) is 26.7 Å². The van der Waals surface area contributed by atoms with Crippen molar-refractivity contribution in [1.29, 1.82) is 0 Å². The standard InChI is InChI=1S/C8H6F5NO3/c1-16-6-3(15)2-4(17-8(11,12)13)14-5(6)7(9)10/h2,7H,1H3,(H,14,15). The topological polar surface area (TPSA) is 51.3 Å². The number of pyridine rings is 1. The average molecular weight is 259 g/mol. The number of ether oxygens (including phenoxy) is 2. The number of halogens is 5. The fraction of sp³-hybridized carbons (Fsp3) is 0.375. The lowest BCUT2D eigenvalue weighted by atomic mass is 10.3. The van der Waals surface area contributed by atoms with Crippen molar-refractivity contribution in [3.63, 3.8) is 0 Å². The van der Waals surface area contributed by atoms with Crippen LogP contribution >= 0.6 is 0 Å². The van der Waals surface area contributed by atoms with Crippen LogP contribution in [0.2, 0.25) is 0 Å². The molecule has 0 amide bonds. The van der Waals surface area contributed by atoms with E-state index in [1.165, 1.54) is 0 Å². The first kappa shape index (κ1) is 13.3. The maximum Gasteiger partial charge on any atom is 0.574 e. The molecule has 0 aromatic carbocycles. The minimum absolute atomic E-state index is 0.373. The second kappa shape index (κ2) is 4.60. The first-order valence-corrected chi connectivity index (χ1v) is 4.09. The summed E-state index contributed by atoms with van der Waals surface area (Å²) in [5.41, 5.74) is -2.21. The second-order valence-electron chi connectivity index (χ2n) is 2.79. The molecule has 1 heterocycles. The van der Waals surface area contributed by atoms with Gasteiger partial charge in [0, 0.05) is 0 Å². The number of aromatic amines is 1. The Labute approximate surface area is 91.0 Å². The molecule has 0 saturated heterocycles. The maximum absolute atomic E-state index is 12.4. The monoisotopic (exact) mass is 259 g/mol. The lowest BCUT2D eigenvalue weighted by Gasteiger charge is -2.12. The number of H-pyrrole nitrogens is 1. The van der Waals surface area contributed by atoms with E-state index in [-0.39, 0.29) is 0 Å². The van der Waals surface area contributed by atoms with Gasteiger partial charge >= 0.3 is 6.36 Å². The van der Waals surface area contributed by atoms with Crippen molar-refractivity contribution in [1.82, 2.24) is 4.98 Å². The molecule has 1 aromatic rings. The molecule has 0 atom stereocenters. The van der Waals surface area contributed by atoms with Crippen molar-refractivity contribution < 1.29 is 31.4 Å². The Kier molecular flexibility index (Phi) is 3.59. The zero-order valence-electron chi connectivity index (χ0n) is 8.27. The summed E-state index contributed by atoms with van der Waals surface area (Å²) in [4.78, 5) is 12.8. The van der Waals surface area contributed by atoms with Crippen LogP contribution in [0.3, 0.4) is 0 Å². The molecule has 0 aliphatic heterocycles. The number of aromatic nitrogens is 1. The molecule has 1 rings (SSSR count). The van der Waals surface area contributed by atoms with E-state index in [4.69, 9.17) is 0 Å². The van der Waals surface area contributed by atoms with Crippen molar-refractivity contribution in [2.45, 2.75) is 12.8 Å². The van der Waals surface area contributed by atoms with Gasteiger partial charge in [-0.1, -0.05) is 0 Å². The van der Waals surface area contributed by atoms with Gasteiger partial charge in [-0.2, -0.15) is 0 Å². The van der Waals surface area contributed by atoms with Gasteiger partial charge in [0.25, 0.3) is 6.43 Å². The molecule has 4 nitrogen and oxygen atoms in total. The first-order chi connectivity index (χ1) is 7.74. The van der Waals surface area contributed by atoms with Crippen LogP contribution in [0.5, 0.6) is 11.6 Å². The van der Waals surface area contributed by atoms with Crippen LogP contribution < -0.4 is 14.9 Å². The van der Waals surface area contributed by atoms with Crippen LogP contribution in [0.4, 0.5) is 22.0 Å². The zero-order chi connectivity index (χ0) is 13.2. The fourth-order valence-corrected chi connectivity index (χ4v) is 1.09. The van der Waals surface area contributed by atoms with Crippen molar-refractivity contribution in [3.05, 3.63) is 22.0 Å². The largest absolute Gasteiger partial charge is 0.574 e. The number of alkyl halides is 5. The van der Waals surface area contributed by atoms with Crippen LogP contribution in [-0.2, 0) is 0 Å². The highest BCUT2D eigenvalue weighted by molar-refractivity contribution is 5.32. The minimum atomic E-state index is -5.09. The molecule has 0 saturated carbocycles. The van der Waals surface area contributed by atoms with Crippen molar-refractivity contribution >= 4 is 0 Å². The summed E-state index contributed by atoms with van der Waals surface area (Å²) in [5.74, 6) is -1.88. The lowest BCUT2D eigenvalue weighted by molar-refractivity contribution is -0.276. The van der Waals surface area contributed by atoms with E-state index in [2.05, 4.69) is 9.47 Å². The van der Waals surface area contributed by atoms with Crippen LogP contribution in [0.1, 0.15) is 12.1 Å². The predicted octanol–water partition coefficient (Wildman–Crippen LogP) is 2.22. The SMILES string of the molecule is COc1c(C(F)F)[nH]c(OC(F)(F)F)cc1=O. The Bertz CT molecular complexity index is 453. The maximum atomic E-state index is 12.4. The summed E-state index contributed by atoms with van der Waals surface area (Å²) in [6, 6.07) is 0.373. The Balaban J connectivity index is 3.25. The third-order valence-corrected chi connectivity index (χ3v) is 1.64. The Hall–Kier alpha value is -1.80. The molecule has 1 N–H and O–H groups in total. The molecule has 0 unspecified atom stereocenters. The predicted molar refractivity (Wildman–Crippen MR) is 45.3 cm³/mol. The Morgan fingerprint density at radius 2 is 1.94 bits per heavy atom. The van der Waals surface area contributed by atoms with Gasteiger partial charge in [-0.25, -0.2) is 8.78 Å². The highest BCUT2D eigenvalue weighted by Crippen LogP contribution is 2.27. The summed E-state index contributed by atoms with van der Waals surface area (Å²) < 4.78 is 68.0. The van der Waals surface area contributed by atoms with Crippen molar-refractivity contribution in [2.75, 3.05) is 7.11 Å². The van der Waals surface area contributed by atoms with Gasteiger partial charge < -0.3 is 14.5 Å². The van der Waals surface area contributed by atoms with Crippen LogP contribution in [-0.4, -0.2) is 18.5 Å². The van der Waals surface area contributed by atoms with Gasteiger partial charge in [-0.15, -0.1) is 13.2 Å². The summed E-state index contributed by atoms with van der Waals surface area (Å²) in [5, 5.41) is 0. The third kappa shape index (κ3) is 3.33.